The van der Waals surface area contributed by atoms with Gasteiger partial charge in [0.1, 0.15) is 24.4 Å². The molecule has 0 aliphatic heterocycles. The van der Waals surface area contributed by atoms with Crippen LogP contribution < -0.4 is 4.74 Å². The summed E-state index contributed by atoms with van der Waals surface area (Å²) in [6, 6.07) is 16.0. The lowest BCUT2D eigenvalue weighted by Gasteiger charge is -2.07. The van der Waals surface area contributed by atoms with Gasteiger partial charge in [0.15, 0.2) is 0 Å². The number of carbonyl (C=O) groups excluding carboxylic acids is 1. The van der Waals surface area contributed by atoms with Crippen molar-refractivity contribution >= 4 is 12.0 Å². The van der Waals surface area contributed by atoms with Crippen LogP contribution in [0.2, 0.25) is 0 Å². The van der Waals surface area contributed by atoms with E-state index >= 15 is 0 Å². The van der Waals surface area contributed by atoms with Gasteiger partial charge < -0.3 is 9.94 Å². The summed E-state index contributed by atoms with van der Waals surface area (Å²) in [6.45, 7) is 0.154. The third kappa shape index (κ3) is 3.42. The van der Waals surface area contributed by atoms with Crippen molar-refractivity contribution in [3.05, 3.63) is 65.7 Å². The van der Waals surface area contributed by atoms with Crippen LogP contribution in [0.1, 0.15) is 15.9 Å². The van der Waals surface area contributed by atoms with E-state index in [2.05, 4.69) is 5.16 Å². The summed E-state index contributed by atoms with van der Waals surface area (Å²) in [5.74, 6) is 0.614. The number of aldehydes is 1. The Balaban J connectivity index is 2.02. The Morgan fingerprint density at radius 3 is 2.37 bits per heavy atom. The predicted octanol–water partition coefficient (Wildman–Crippen LogP) is 2.76. The van der Waals surface area contributed by atoms with Crippen molar-refractivity contribution in [3.8, 4) is 5.75 Å². The Labute approximate surface area is 111 Å². The molecule has 0 unspecified atom stereocenters. The molecule has 0 saturated heterocycles. The highest BCUT2D eigenvalue weighted by Crippen LogP contribution is 2.12. The largest absolute Gasteiger partial charge is 0.487 e. The smallest absolute Gasteiger partial charge is 0.150 e. The number of benzene rings is 2. The average molecular weight is 255 g/mol. The summed E-state index contributed by atoms with van der Waals surface area (Å²) >= 11 is 0. The van der Waals surface area contributed by atoms with Crippen molar-refractivity contribution in [1.29, 1.82) is 0 Å². The van der Waals surface area contributed by atoms with Crippen molar-refractivity contribution in [2.24, 2.45) is 5.16 Å². The maximum Gasteiger partial charge on any atom is 0.150 e. The maximum absolute atomic E-state index is 10.5. The van der Waals surface area contributed by atoms with Crippen LogP contribution in [0, 0.1) is 0 Å². The molecule has 0 saturated carbocycles. The van der Waals surface area contributed by atoms with Crippen molar-refractivity contribution in [2.75, 3.05) is 6.61 Å². The van der Waals surface area contributed by atoms with Gasteiger partial charge in [-0.3, -0.25) is 4.79 Å². The second-order valence-corrected chi connectivity index (χ2v) is 3.89. The second kappa shape index (κ2) is 6.35. The summed E-state index contributed by atoms with van der Waals surface area (Å²) in [5.41, 5.74) is 1.83. The Morgan fingerprint density at radius 2 is 1.79 bits per heavy atom. The fourth-order valence-electron chi connectivity index (χ4n) is 1.59. The van der Waals surface area contributed by atoms with Crippen molar-refractivity contribution in [1.82, 2.24) is 0 Å². The van der Waals surface area contributed by atoms with Gasteiger partial charge >= 0.3 is 0 Å². The predicted molar refractivity (Wildman–Crippen MR) is 72.1 cm³/mol. The number of carbonyl (C=O) groups is 1. The molecule has 96 valence electrons. The SMILES string of the molecule is O=Cc1ccc(OCC(=NO)c2ccccc2)cc1. The molecule has 0 heterocycles. The van der Waals surface area contributed by atoms with E-state index < -0.39 is 0 Å². The van der Waals surface area contributed by atoms with Gasteiger partial charge in [-0.1, -0.05) is 35.5 Å². The van der Waals surface area contributed by atoms with E-state index in [4.69, 9.17) is 9.94 Å². The summed E-state index contributed by atoms with van der Waals surface area (Å²) in [6.07, 6.45) is 0.772. The van der Waals surface area contributed by atoms with Crippen LogP contribution in [0.4, 0.5) is 0 Å². The first-order valence-electron chi connectivity index (χ1n) is 5.78. The van der Waals surface area contributed by atoms with Crippen LogP contribution >= 0.6 is 0 Å². The van der Waals surface area contributed by atoms with E-state index in [-0.39, 0.29) is 6.61 Å². The third-order valence-electron chi connectivity index (χ3n) is 2.62. The number of hydrogen-bond acceptors (Lipinski definition) is 4. The highest BCUT2D eigenvalue weighted by Gasteiger charge is 2.05. The van der Waals surface area contributed by atoms with Crippen molar-refractivity contribution in [3.63, 3.8) is 0 Å². The van der Waals surface area contributed by atoms with Crippen molar-refractivity contribution < 1.29 is 14.7 Å². The van der Waals surface area contributed by atoms with Crippen LogP contribution in [0.3, 0.4) is 0 Å². The van der Waals surface area contributed by atoms with Gasteiger partial charge in [-0.25, -0.2) is 0 Å². The lowest BCUT2D eigenvalue weighted by atomic mass is 10.1. The number of ether oxygens (including phenoxy) is 1. The molecular weight excluding hydrogens is 242 g/mol. The van der Waals surface area contributed by atoms with Gasteiger partial charge in [-0.05, 0) is 24.3 Å². The standard InChI is InChI=1S/C15H13NO3/c17-10-12-6-8-14(9-7-12)19-11-15(16-18)13-4-2-1-3-5-13/h1-10,18H,11H2. The normalized spacial score (nSPS) is 11.1. The number of oxime groups is 1. The van der Waals surface area contributed by atoms with E-state index in [1.54, 1.807) is 24.3 Å². The fourth-order valence-corrected chi connectivity index (χ4v) is 1.59. The Morgan fingerprint density at radius 1 is 1.11 bits per heavy atom. The van der Waals surface area contributed by atoms with E-state index in [0.717, 1.165) is 11.8 Å². The molecule has 0 aliphatic carbocycles. The minimum absolute atomic E-state index is 0.154. The van der Waals surface area contributed by atoms with Gasteiger partial charge in [0.2, 0.25) is 0 Å². The van der Waals surface area contributed by atoms with Gasteiger partial charge in [0, 0.05) is 11.1 Å². The van der Waals surface area contributed by atoms with Crippen LogP contribution in [0.25, 0.3) is 0 Å². The maximum atomic E-state index is 10.5. The van der Waals surface area contributed by atoms with E-state index in [0.29, 0.717) is 17.0 Å². The molecule has 2 aromatic carbocycles. The van der Waals surface area contributed by atoms with Crippen molar-refractivity contribution in [2.45, 2.75) is 0 Å². The number of hydrogen-bond donors (Lipinski definition) is 1. The zero-order chi connectivity index (χ0) is 13.5. The zero-order valence-electron chi connectivity index (χ0n) is 10.2. The minimum atomic E-state index is 0.154. The molecule has 0 amide bonds. The Bertz CT molecular complexity index is 562. The monoisotopic (exact) mass is 255 g/mol. The van der Waals surface area contributed by atoms with Crippen LogP contribution in [0.15, 0.2) is 59.8 Å². The molecule has 1 N–H and O–H groups in total. The molecule has 0 atom stereocenters. The number of rotatable bonds is 5. The molecule has 2 aromatic rings. The highest BCUT2D eigenvalue weighted by atomic mass is 16.5. The average Bonchev–Trinajstić information content (AvgIpc) is 2.49. The molecule has 0 radical (unpaired) electrons. The van der Waals surface area contributed by atoms with Gasteiger partial charge in [0.25, 0.3) is 0 Å². The first kappa shape index (κ1) is 12.8. The fraction of sp³-hybridized carbons (Fsp3) is 0.0667. The molecule has 19 heavy (non-hydrogen) atoms. The first-order valence-corrected chi connectivity index (χ1v) is 5.78. The Hall–Kier alpha value is -2.62. The van der Waals surface area contributed by atoms with E-state index in [1.165, 1.54) is 0 Å². The van der Waals surface area contributed by atoms with Crippen LogP contribution in [-0.2, 0) is 0 Å². The molecular formula is C15H13NO3. The first-order chi connectivity index (χ1) is 9.33. The number of nitrogens with zero attached hydrogens (tertiary/aromatic N) is 1. The second-order valence-electron chi connectivity index (χ2n) is 3.89. The molecule has 2 rings (SSSR count). The quantitative estimate of drug-likeness (QED) is 0.387. The summed E-state index contributed by atoms with van der Waals surface area (Å²) in [5, 5.41) is 12.2. The summed E-state index contributed by atoms with van der Waals surface area (Å²) < 4.78 is 5.51. The van der Waals surface area contributed by atoms with Gasteiger partial charge in [-0.15, -0.1) is 0 Å². The Kier molecular flexibility index (Phi) is 4.29. The molecule has 0 aliphatic rings. The van der Waals surface area contributed by atoms with Gasteiger partial charge in [0.05, 0.1) is 0 Å². The molecule has 4 nitrogen and oxygen atoms in total. The molecule has 0 fully saturated rings. The topological polar surface area (TPSA) is 58.9 Å². The summed E-state index contributed by atoms with van der Waals surface area (Å²) in [7, 11) is 0. The third-order valence-corrected chi connectivity index (χ3v) is 2.62. The lowest BCUT2D eigenvalue weighted by Crippen LogP contribution is -2.13. The zero-order valence-corrected chi connectivity index (χ0v) is 10.2. The molecule has 0 spiro atoms. The van der Waals surface area contributed by atoms with Gasteiger partial charge in [-0.2, -0.15) is 0 Å². The molecule has 0 aromatic heterocycles. The summed E-state index contributed by atoms with van der Waals surface area (Å²) in [4.78, 5) is 10.5. The van der Waals surface area contributed by atoms with Crippen LogP contribution in [-0.4, -0.2) is 23.8 Å². The highest BCUT2D eigenvalue weighted by molar-refractivity contribution is 6.01. The van der Waals surface area contributed by atoms with Crippen LogP contribution in [0.5, 0.6) is 5.75 Å². The van der Waals surface area contributed by atoms with E-state index in [9.17, 15) is 4.79 Å². The van der Waals surface area contributed by atoms with E-state index in [1.807, 2.05) is 30.3 Å². The molecule has 4 heteroatoms. The lowest BCUT2D eigenvalue weighted by molar-refractivity contribution is 0.112. The molecule has 0 bridgehead atoms. The minimum Gasteiger partial charge on any atom is -0.487 e.